The van der Waals surface area contributed by atoms with Crippen LogP contribution in [0.1, 0.15) is 6.42 Å². The molecule has 1 heterocycles. The zero-order chi connectivity index (χ0) is 11.8. The molecular weight excluding hydrogens is 212 g/mol. The lowest BCUT2D eigenvalue weighted by Gasteiger charge is -2.26. The van der Waals surface area contributed by atoms with Crippen LogP contribution in [0.3, 0.4) is 0 Å². The Morgan fingerprint density at radius 2 is 2.06 bits per heavy atom. The van der Waals surface area contributed by atoms with Crippen molar-refractivity contribution in [2.24, 2.45) is 0 Å². The largest absolute Gasteiger partial charge is 0.469 e. The number of ether oxygens (including phenoxy) is 2. The predicted octanol–water partition coefficient (Wildman–Crippen LogP) is -1.00. The molecule has 0 aromatic rings. The highest BCUT2D eigenvalue weighted by Crippen LogP contribution is 1.94. The number of methoxy groups -OCH3 is 1. The maximum Gasteiger partial charge on any atom is 0.315 e. The first kappa shape index (κ1) is 12.9. The van der Waals surface area contributed by atoms with Gasteiger partial charge in [0, 0.05) is 26.2 Å². The van der Waals surface area contributed by atoms with Gasteiger partial charge in [0.15, 0.2) is 0 Å². The number of hydrogen-bond donors (Lipinski definition) is 1. The Morgan fingerprint density at radius 1 is 1.38 bits per heavy atom. The van der Waals surface area contributed by atoms with Gasteiger partial charge in [-0.25, -0.2) is 0 Å². The number of carbonyl (C=O) groups is 2. The Kier molecular flexibility index (Phi) is 5.81. The summed E-state index contributed by atoms with van der Waals surface area (Å²) in [5.74, 6) is -0.802. The third-order valence-corrected chi connectivity index (χ3v) is 2.39. The van der Waals surface area contributed by atoms with Crippen molar-refractivity contribution in [3.63, 3.8) is 0 Å². The Bertz CT molecular complexity index is 239. The highest BCUT2D eigenvalue weighted by atomic mass is 16.5. The van der Waals surface area contributed by atoms with E-state index < -0.39 is 5.97 Å². The molecule has 0 bridgehead atoms. The van der Waals surface area contributed by atoms with Crippen LogP contribution in [0.25, 0.3) is 0 Å². The van der Waals surface area contributed by atoms with Gasteiger partial charge in [-0.15, -0.1) is 0 Å². The third kappa shape index (κ3) is 5.09. The van der Waals surface area contributed by atoms with Crippen LogP contribution in [-0.2, 0) is 19.1 Å². The number of rotatable bonds is 5. The van der Waals surface area contributed by atoms with Gasteiger partial charge >= 0.3 is 5.97 Å². The Balaban J connectivity index is 2.05. The van der Waals surface area contributed by atoms with Gasteiger partial charge in [0.25, 0.3) is 0 Å². The van der Waals surface area contributed by atoms with Crippen LogP contribution in [0.2, 0.25) is 0 Å². The predicted molar refractivity (Wildman–Crippen MR) is 56.9 cm³/mol. The number of nitrogens with zero attached hydrogens (tertiary/aromatic N) is 1. The minimum absolute atomic E-state index is 0.209. The second-order valence-corrected chi connectivity index (χ2v) is 3.56. The zero-order valence-electron chi connectivity index (χ0n) is 9.53. The van der Waals surface area contributed by atoms with Crippen molar-refractivity contribution < 1.29 is 19.1 Å². The molecule has 1 amide bonds. The minimum Gasteiger partial charge on any atom is -0.469 e. The van der Waals surface area contributed by atoms with Crippen molar-refractivity contribution in [2.75, 3.05) is 46.5 Å². The van der Waals surface area contributed by atoms with E-state index in [1.54, 1.807) is 0 Å². The highest BCUT2D eigenvalue weighted by molar-refractivity contribution is 5.94. The summed E-state index contributed by atoms with van der Waals surface area (Å²) in [7, 11) is 1.27. The van der Waals surface area contributed by atoms with E-state index in [1.165, 1.54) is 7.11 Å². The molecule has 1 rings (SSSR count). The van der Waals surface area contributed by atoms with E-state index in [9.17, 15) is 9.59 Å². The molecule has 16 heavy (non-hydrogen) atoms. The average molecular weight is 230 g/mol. The molecule has 1 aliphatic heterocycles. The van der Waals surface area contributed by atoms with Crippen LogP contribution in [-0.4, -0.2) is 63.3 Å². The molecule has 1 fully saturated rings. The fourth-order valence-corrected chi connectivity index (χ4v) is 1.44. The van der Waals surface area contributed by atoms with Gasteiger partial charge in [0.2, 0.25) is 5.91 Å². The van der Waals surface area contributed by atoms with Crippen LogP contribution in [0.4, 0.5) is 0 Å². The fourth-order valence-electron chi connectivity index (χ4n) is 1.44. The summed E-state index contributed by atoms with van der Waals surface area (Å²) in [5.41, 5.74) is 0. The highest BCUT2D eigenvalue weighted by Gasteiger charge is 2.11. The second-order valence-electron chi connectivity index (χ2n) is 3.56. The number of nitrogens with one attached hydrogen (secondary N) is 1. The topological polar surface area (TPSA) is 67.9 Å². The van der Waals surface area contributed by atoms with Gasteiger partial charge in [-0.1, -0.05) is 0 Å². The summed E-state index contributed by atoms with van der Waals surface area (Å²) >= 11 is 0. The Hall–Kier alpha value is -1.14. The molecule has 0 spiro atoms. The van der Waals surface area contributed by atoms with E-state index in [0.29, 0.717) is 6.54 Å². The molecule has 0 aromatic heterocycles. The van der Waals surface area contributed by atoms with Crippen molar-refractivity contribution in [3.8, 4) is 0 Å². The van der Waals surface area contributed by atoms with Crippen molar-refractivity contribution in [3.05, 3.63) is 0 Å². The van der Waals surface area contributed by atoms with E-state index in [2.05, 4.69) is 15.0 Å². The maximum absolute atomic E-state index is 11.2. The normalized spacial score (nSPS) is 16.8. The lowest BCUT2D eigenvalue weighted by molar-refractivity contribution is -0.143. The number of carbonyl (C=O) groups excluding carboxylic acids is 2. The van der Waals surface area contributed by atoms with Gasteiger partial charge in [-0.3, -0.25) is 14.5 Å². The van der Waals surface area contributed by atoms with Crippen molar-refractivity contribution in [2.45, 2.75) is 6.42 Å². The third-order valence-electron chi connectivity index (χ3n) is 2.39. The van der Waals surface area contributed by atoms with Gasteiger partial charge in [-0.05, 0) is 0 Å². The quantitative estimate of drug-likeness (QED) is 0.484. The first-order chi connectivity index (χ1) is 7.72. The lowest BCUT2D eigenvalue weighted by atomic mass is 10.4. The maximum atomic E-state index is 11.2. The van der Waals surface area contributed by atoms with Gasteiger partial charge in [0.05, 0.1) is 20.3 Å². The smallest absolute Gasteiger partial charge is 0.315 e. The molecule has 92 valence electrons. The van der Waals surface area contributed by atoms with Crippen LogP contribution in [0.5, 0.6) is 0 Å². The molecule has 1 N–H and O–H groups in total. The Morgan fingerprint density at radius 3 is 2.69 bits per heavy atom. The number of hydrogen-bond acceptors (Lipinski definition) is 5. The molecule has 0 aliphatic carbocycles. The molecule has 1 aliphatic rings. The lowest BCUT2D eigenvalue weighted by Crippen LogP contribution is -2.41. The zero-order valence-corrected chi connectivity index (χ0v) is 9.53. The van der Waals surface area contributed by atoms with E-state index in [1.807, 2.05) is 0 Å². The van der Waals surface area contributed by atoms with E-state index in [4.69, 9.17) is 4.74 Å². The summed E-state index contributed by atoms with van der Waals surface area (Å²) < 4.78 is 9.59. The first-order valence-electron chi connectivity index (χ1n) is 5.36. The van der Waals surface area contributed by atoms with Gasteiger partial charge in [-0.2, -0.15) is 0 Å². The monoisotopic (exact) mass is 230 g/mol. The average Bonchev–Trinajstić information content (AvgIpc) is 2.30. The van der Waals surface area contributed by atoms with Gasteiger partial charge < -0.3 is 14.8 Å². The summed E-state index contributed by atoms with van der Waals surface area (Å²) in [6, 6.07) is 0. The molecule has 6 nitrogen and oxygen atoms in total. The SMILES string of the molecule is COC(=O)CC(=O)NCCN1CCOCC1. The number of esters is 1. The molecule has 0 aromatic carbocycles. The van der Waals surface area contributed by atoms with Crippen LogP contribution < -0.4 is 5.32 Å². The van der Waals surface area contributed by atoms with E-state index in [-0.39, 0.29) is 12.3 Å². The van der Waals surface area contributed by atoms with Crippen molar-refractivity contribution in [1.82, 2.24) is 10.2 Å². The Labute approximate surface area is 94.9 Å². The molecule has 0 radical (unpaired) electrons. The van der Waals surface area contributed by atoms with Crippen LogP contribution in [0, 0.1) is 0 Å². The minimum atomic E-state index is -0.510. The van der Waals surface area contributed by atoms with Crippen molar-refractivity contribution in [1.29, 1.82) is 0 Å². The summed E-state index contributed by atoms with van der Waals surface area (Å²) in [4.78, 5) is 24.2. The summed E-state index contributed by atoms with van der Waals surface area (Å²) in [6.45, 7) is 4.62. The molecule has 6 heteroatoms. The van der Waals surface area contributed by atoms with Crippen LogP contribution in [0.15, 0.2) is 0 Å². The van der Waals surface area contributed by atoms with Crippen molar-refractivity contribution >= 4 is 11.9 Å². The molecule has 0 saturated carbocycles. The summed E-state index contributed by atoms with van der Waals surface area (Å²) in [6.07, 6.45) is -0.209. The molecule has 1 saturated heterocycles. The number of morpholine rings is 1. The number of amides is 1. The van der Waals surface area contributed by atoms with E-state index >= 15 is 0 Å². The summed E-state index contributed by atoms with van der Waals surface area (Å²) in [5, 5.41) is 2.67. The molecular formula is C10H18N2O4. The van der Waals surface area contributed by atoms with Gasteiger partial charge in [0.1, 0.15) is 6.42 Å². The van der Waals surface area contributed by atoms with E-state index in [0.717, 1.165) is 32.8 Å². The second kappa shape index (κ2) is 7.19. The molecule has 0 unspecified atom stereocenters. The molecule has 0 atom stereocenters. The first-order valence-corrected chi connectivity index (χ1v) is 5.36. The standard InChI is InChI=1S/C10H18N2O4/c1-15-10(14)8-9(13)11-2-3-12-4-6-16-7-5-12/h2-8H2,1H3,(H,11,13). The fraction of sp³-hybridized carbons (Fsp3) is 0.800. The van der Waals surface area contributed by atoms with Crippen LogP contribution >= 0.6 is 0 Å².